The molecule has 0 aromatic heterocycles. The molecule has 0 radical (unpaired) electrons. The molecule has 1 aliphatic rings. The van der Waals surface area contributed by atoms with Crippen LogP contribution in [0.3, 0.4) is 0 Å². The Kier molecular flexibility index (Phi) is 2.10. The van der Waals surface area contributed by atoms with Crippen molar-refractivity contribution in [2.24, 2.45) is 0 Å². The maximum absolute atomic E-state index is 2.33. The zero-order chi connectivity index (χ0) is 11.1. The maximum atomic E-state index is 2.33. The van der Waals surface area contributed by atoms with Crippen molar-refractivity contribution in [1.29, 1.82) is 0 Å². The number of rotatable bonds is 0. The van der Waals surface area contributed by atoms with Crippen molar-refractivity contribution in [2.75, 3.05) is 0 Å². The Morgan fingerprint density at radius 1 is 0.625 bits per heavy atom. The Labute approximate surface area is 96.9 Å². The first kappa shape index (κ1) is 9.65. The molecule has 0 bridgehead atoms. The predicted octanol–water partition coefficient (Wildman–Crippen LogP) is 3.80. The average Bonchev–Trinajstić information content (AvgIpc) is 2.26. The minimum atomic E-state index is 1.10. The van der Waals surface area contributed by atoms with Gasteiger partial charge in [0.05, 0.1) is 0 Å². The first-order chi connectivity index (χ1) is 7.72. The van der Waals surface area contributed by atoms with Crippen molar-refractivity contribution in [3.8, 4) is 0 Å². The lowest BCUT2D eigenvalue weighted by atomic mass is 9.85. The first-order valence-electron chi connectivity index (χ1n) is 5.89. The highest BCUT2D eigenvalue weighted by Gasteiger charge is 2.14. The van der Waals surface area contributed by atoms with Gasteiger partial charge in [0, 0.05) is 0 Å². The van der Waals surface area contributed by atoms with Gasteiger partial charge in [-0.1, -0.05) is 47.5 Å². The molecule has 0 amide bonds. The Morgan fingerprint density at radius 3 is 1.56 bits per heavy atom. The van der Waals surface area contributed by atoms with Crippen molar-refractivity contribution in [3.05, 3.63) is 69.8 Å². The van der Waals surface area contributed by atoms with Gasteiger partial charge in [0.1, 0.15) is 0 Å². The highest BCUT2D eigenvalue weighted by atomic mass is 14.2. The Morgan fingerprint density at radius 2 is 1.06 bits per heavy atom. The summed E-state index contributed by atoms with van der Waals surface area (Å²) in [6.07, 6.45) is 2.21. The molecule has 3 rings (SSSR count). The summed E-state index contributed by atoms with van der Waals surface area (Å²) in [6.45, 7) is 4.35. The van der Waals surface area contributed by atoms with Gasteiger partial charge in [-0.3, -0.25) is 0 Å². The lowest BCUT2D eigenvalue weighted by molar-refractivity contribution is 0.993. The molecule has 1 aliphatic carbocycles. The third-order valence-electron chi connectivity index (χ3n) is 3.49. The van der Waals surface area contributed by atoms with E-state index in [-0.39, 0.29) is 0 Å². The molecule has 0 N–H and O–H groups in total. The molecule has 2 aromatic carbocycles. The Bertz CT molecular complexity index is 500. The van der Waals surface area contributed by atoms with Crippen LogP contribution in [0.4, 0.5) is 0 Å². The van der Waals surface area contributed by atoms with Crippen LogP contribution in [0.5, 0.6) is 0 Å². The van der Waals surface area contributed by atoms with Gasteiger partial charge >= 0.3 is 0 Å². The van der Waals surface area contributed by atoms with Gasteiger partial charge in [-0.15, -0.1) is 0 Å². The van der Waals surface area contributed by atoms with E-state index in [0.717, 1.165) is 12.8 Å². The van der Waals surface area contributed by atoms with E-state index in [9.17, 15) is 0 Å². The van der Waals surface area contributed by atoms with E-state index in [0.29, 0.717) is 0 Å². The predicted molar refractivity (Wildman–Crippen MR) is 68.0 cm³/mol. The topological polar surface area (TPSA) is 0 Å². The average molecular weight is 208 g/mol. The molecule has 0 aliphatic heterocycles. The summed E-state index contributed by atoms with van der Waals surface area (Å²) in [6, 6.07) is 13.7. The lowest BCUT2D eigenvalue weighted by Gasteiger charge is -2.20. The third kappa shape index (κ3) is 1.55. The van der Waals surface area contributed by atoms with Crippen LogP contribution in [0.1, 0.15) is 33.4 Å². The molecule has 0 saturated carbocycles. The van der Waals surface area contributed by atoms with Crippen LogP contribution < -0.4 is 0 Å². The van der Waals surface area contributed by atoms with Crippen LogP contribution in [0.15, 0.2) is 36.4 Å². The van der Waals surface area contributed by atoms with Crippen LogP contribution in [-0.2, 0) is 12.8 Å². The molecular formula is C16H16. The van der Waals surface area contributed by atoms with Gasteiger partial charge in [-0.2, -0.15) is 0 Å². The minimum Gasteiger partial charge on any atom is -0.0590 e. The molecule has 0 saturated heterocycles. The first-order valence-corrected chi connectivity index (χ1v) is 5.89. The zero-order valence-electron chi connectivity index (χ0n) is 9.88. The molecule has 0 fully saturated rings. The second-order valence-electron chi connectivity index (χ2n) is 4.90. The fraction of sp³-hybridized carbons (Fsp3) is 0.250. The van der Waals surface area contributed by atoms with E-state index in [1.54, 1.807) is 0 Å². The fourth-order valence-electron chi connectivity index (χ4n) is 2.59. The third-order valence-corrected chi connectivity index (χ3v) is 3.49. The highest BCUT2D eigenvalue weighted by molar-refractivity contribution is 5.47. The van der Waals surface area contributed by atoms with E-state index in [2.05, 4.69) is 50.2 Å². The van der Waals surface area contributed by atoms with Crippen LogP contribution in [0.25, 0.3) is 0 Å². The van der Waals surface area contributed by atoms with Crippen molar-refractivity contribution in [2.45, 2.75) is 26.7 Å². The molecule has 0 nitrogen and oxygen atoms in total. The number of hydrogen-bond donors (Lipinski definition) is 0. The molecule has 2 aromatic rings. The molecule has 16 heavy (non-hydrogen) atoms. The quantitative estimate of drug-likeness (QED) is 0.527. The van der Waals surface area contributed by atoms with E-state index in [4.69, 9.17) is 0 Å². The molecule has 80 valence electrons. The van der Waals surface area contributed by atoms with E-state index < -0.39 is 0 Å². The summed E-state index contributed by atoms with van der Waals surface area (Å²) in [4.78, 5) is 0. The van der Waals surface area contributed by atoms with E-state index >= 15 is 0 Å². The zero-order valence-corrected chi connectivity index (χ0v) is 9.88. The van der Waals surface area contributed by atoms with Crippen LogP contribution >= 0.6 is 0 Å². The Hall–Kier alpha value is -1.56. The Balaban J connectivity index is 2.10. The number of benzene rings is 2. The standard InChI is InChI=1S/C16H16/c1-11-3-5-13-9-14-6-4-12(2)8-16(14)10-15(13)7-11/h3-8H,9-10H2,1-2H3. The summed E-state index contributed by atoms with van der Waals surface area (Å²) in [5, 5.41) is 0. The summed E-state index contributed by atoms with van der Waals surface area (Å²) in [5.74, 6) is 0. The summed E-state index contributed by atoms with van der Waals surface area (Å²) in [7, 11) is 0. The van der Waals surface area contributed by atoms with Gasteiger partial charge in [0.25, 0.3) is 0 Å². The van der Waals surface area contributed by atoms with Crippen LogP contribution in [0.2, 0.25) is 0 Å². The smallest absolute Gasteiger partial charge is 0.00199 e. The minimum absolute atomic E-state index is 1.10. The highest BCUT2D eigenvalue weighted by Crippen LogP contribution is 2.28. The molecular weight excluding hydrogens is 192 g/mol. The van der Waals surface area contributed by atoms with E-state index in [1.807, 2.05) is 0 Å². The van der Waals surface area contributed by atoms with Gasteiger partial charge in [-0.25, -0.2) is 0 Å². The monoisotopic (exact) mass is 208 g/mol. The number of aryl methyl sites for hydroxylation is 2. The van der Waals surface area contributed by atoms with Crippen molar-refractivity contribution in [3.63, 3.8) is 0 Å². The summed E-state index contributed by atoms with van der Waals surface area (Å²) >= 11 is 0. The second-order valence-corrected chi connectivity index (χ2v) is 4.90. The van der Waals surface area contributed by atoms with Gasteiger partial charge in [0.15, 0.2) is 0 Å². The maximum Gasteiger partial charge on any atom is -0.00199 e. The number of fused-ring (bicyclic) bond motifs is 2. The normalized spacial score (nSPS) is 13.1. The molecule has 0 unspecified atom stereocenters. The summed E-state index contributed by atoms with van der Waals surface area (Å²) in [5.41, 5.74) is 8.77. The molecule has 0 heteroatoms. The molecule has 0 spiro atoms. The van der Waals surface area contributed by atoms with Crippen molar-refractivity contribution >= 4 is 0 Å². The largest absolute Gasteiger partial charge is 0.0590 e. The lowest BCUT2D eigenvalue weighted by Crippen LogP contribution is -2.07. The van der Waals surface area contributed by atoms with Gasteiger partial charge in [0.2, 0.25) is 0 Å². The summed E-state index contributed by atoms with van der Waals surface area (Å²) < 4.78 is 0. The molecule has 0 atom stereocenters. The SMILES string of the molecule is Cc1ccc2c(c1)Cc1cc(C)ccc1C2. The van der Waals surface area contributed by atoms with Crippen LogP contribution in [0, 0.1) is 13.8 Å². The second kappa shape index (κ2) is 3.48. The van der Waals surface area contributed by atoms with E-state index in [1.165, 1.54) is 33.4 Å². The fourth-order valence-corrected chi connectivity index (χ4v) is 2.59. The van der Waals surface area contributed by atoms with Crippen molar-refractivity contribution < 1.29 is 0 Å². The van der Waals surface area contributed by atoms with Crippen LogP contribution in [-0.4, -0.2) is 0 Å². The van der Waals surface area contributed by atoms with Crippen molar-refractivity contribution in [1.82, 2.24) is 0 Å². The number of hydrogen-bond acceptors (Lipinski definition) is 0. The van der Waals surface area contributed by atoms with Gasteiger partial charge in [-0.05, 0) is 48.9 Å². The molecule has 0 heterocycles. The van der Waals surface area contributed by atoms with Gasteiger partial charge < -0.3 is 0 Å².